The Bertz CT molecular complexity index is 562. The number of hydrogen-bond acceptors (Lipinski definition) is 6. The summed E-state index contributed by atoms with van der Waals surface area (Å²) >= 11 is 7.47. The van der Waals surface area contributed by atoms with Gasteiger partial charge in [0.05, 0.1) is 11.6 Å². The van der Waals surface area contributed by atoms with E-state index in [0.29, 0.717) is 29.1 Å². The Morgan fingerprint density at radius 1 is 1.35 bits per heavy atom. The summed E-state index contributed by atoms with van der Waals surface area (Å²) in [6.45, 7) is 4.07. The number of nitrogens with zero attached hydrogens (tertiary/aromatic N) is 2. The maximum absolute atomic E-state index is 6.08. The molecule has 1 aromatic heterocycles. The monoisotopic (exact) mass is 313 g/mol. The van der Waals surface area contributed by atoms with Gasteiger partial charge in [0.25, 0.3) is 5.19 Å². The summed E-state index contributed by atoms with van der Waals surface area (Å²) in [5.74, 6) is 0.599. The third kappa shape index (κ3) is 4.42. The zero-order chi connectivity index (χ0) is 14.4. The molecule has 1 N–H and O–H groups in total. The summed E-state index contributed by atoms with van der Waals surface area (Å²) in [7, 11) is 1.67. The van der Waals surface area contributed by atoms with Crippen molar-refractivity contribution < 1.29 is 9.47 Å². The Labute approximate surface area is 126 Å². The molecule has 0 aliphatic heterocycles. The van der Waals surface area contributed by atoms with Crippen molar-refractivity contribution in [3.8, 4) is 10.9 Å². The Morgan fingerprint density at radius 3 is 3.00 bits per heavy atom. The van der Waals surface area contributed by atoms with Crippen LogP contribution in [0.4, 0.5) is 0 Å². The van der Waals surface area contributed by atoms with Crippen LogP contribution in [0.1, 0.15) is 10.6 Å². The van der Waals surface area contributed by atoms with Gasteiger partial charge in [0.1, 0.15) is 10.8 Å². The van der Waals surface area contributed by atoms with E-state index in [0.717, 1.165) is 17.1 Å². The second kappa shape index (κ2) is 7.54. The van der Waals surface area contributed by atoms with Crippen molar-refractivity contribution in [1.29, 1.82) is 0 Å². The summed E-state index contributed by atoms with van der Waals surface area (Å²) in [6.07, 6.45) is 0. The van der Waals surface area contributed by atoms with Gasteiger partial charge >= 0.3 is 0 Å². The Hall–Kier alpha value is -1.21. The molecule has 0 aliphatic carbocycles. The lowest BCUT2D eigenvalue weighted by Gasteiger charge is -2.04. The molecule has 0 amide bonds. The predicted molar refractivity (Wildman–Crippen MR) is 79.8 cm³/mol. The highest BCUT2D eigenvalue weighted by molar-refractivity contribution is 7.13. The largest absolute Gasteiger partial charge is 0.428 e. The highest BCUT2D eigenvalue weighted by atomic mass is 35.5. The fourth-order valence-corrected chi connectivity index (χ4v) is 2.33. The number of nitrogens with one attached hydrogen (secondary N) is 1. The average Bonchev–Trinajstić information content (AvgIpc) is 2.87. The second-order valence-corrected chi connectivity index (χ2v) is 5.60. The first kappa shape index (κ1) is 15.2. The lowest BCUT2D eigenvalue weighted by atomic mass is 10.2. The SMILES string of the molecule is COCCNCc1nnc(Oc2cc(C)ccc2Cl)s1. The van der Waals surface area contributed by atoms with Gasteiger partial charge in [-0.2, -0.15) is 0 Å². The molecular formula is C13H16ClN3O2S. The number of rotatable bonds is 7. The van der Waals surface area contributed by atoms with Crippen LogP contribution in [0.3, 0.4) is 0 Å². The van der Waals surface area contributed by atoms with Crippen LogP contribution in [-0.4, -0.2) is 30.5 Å². The zero-order valence-corrected chi connectivity index (χ0v) is 12.9. The Kier molecular flexibility index (Phi) is 5.72. The van der Waals surface area contributed by atoms with Crippen molar-refractivity contribution in [2.24, 2.45) is 0 Å². The molecule has 0 aliphatic rings. The number of halogens is 1. The summed E-state index contributed by atoms with van der Waals surface area (Å²) in [5.41, 5.74) is 1.08. The van der Waals surface area contributed by atoms with Gasteiger partial charge in [0, 0.05) is 20.2 Å². The van der Waals surface area contributed by atoms with E-state index in [1.165, 1.54) is 11.3 Å². The topological polar surface area (TPSA) is 56.3 Å². The maximum atomic E-state index is 6.08. The number of ether oxygens (including phenoxy) is 2. The molecule has 1 heterocycles. The van der Waals surface area contributed by atoms with Crippen LogP contribution >= 0.6 is 22.9 Å². The minimum atomic E-state index is 0.487. The molecule has 1 aromatic carbocycles. The predicted octanol–water partition coefficient (Wildman–Crippen LogP) is 3.03. The van der Waals surface area contributed by atoms with E-state index in [9.17, 15) is 0 Å². The lowest BCUT2D eigenvalue weighted by Crippen LogP contribution is -2.18. The second-order valence-electron chi connectivity index (χ2n) is 4.17. The number of methoxy groups -OCH3 is 1. The van der Waals surface area contributed by atoms with E-state index in [-0.39, 0.29) is 0 Å². The molecule has 0 unspecified atom stereocenters. The van der Waals surface area contributed by atoms with Crippen molar-refractivity contribution >= 4 is 22.9 Å². The van der Waals surface area contributed by atoms with Gasteiger partial charge in [-0.25, -0.2) is 0 Å². The van der Waals surface area contributed by atoms with Gasteiger partial charge in [-0.05, 0) is 24.6 Å². The molecule has 0 bridgehead atoms. The molecule has 0 spiro atoms. The molecule has 0 atom stereocenters. The Morgan fingerprint density at radius 2 is 2.20 bits per heavy atom. The summed E-state index contributed by atoms with van der Waals surface area (Å²) in [4.78, 5) is 0. The molecule has 7 heteroatoms. The van der Waals surface area contributed by atoms with Crippen LogP contribution in [0.5, 0.6) is 10.9 Å². The standard InChI is InChI=1S/C13H16ClN3O2S/c1-9-3-4-10(14)11(7-9)19-13-17-16-12(20-13)8-15-5-6-18-2/h3-4,7,15H,5-6,8H2,1-2H3. The van der Waals surface area contributed by atoms with Crippen LogP contribution < -0.4 is 10.1 Å². The molecule has 20 heavy (non-hydrogen) atoms. The first-order chi connectivity index (χ1) is 9.69. The van der Waals surface area contributed by atoms with E-state index in [2.05, 4.69) is 15.5 Å². The molecule has 0 radical (unpaired) electrons. The molecule has 0 saturated heterocycles. The van der Waals surface area contributed by atoms with Gasteiger partial charge < -0.3 is 14.8 Å². The van der Waals surface area contributed by atoms with Gasteiger partial charge in [-0.1, -0.05) is 34.1 Å². The molecule has 5 nitrogen and oxygen atoms in total. The summed E-state index contributed by atoms with van der Waals surface area (Å²) in [6, 6.07) is 5.61. The molecular weight excluding hydrogens is 298 g/mol. The smallest absolute Gasteiger partial charge is 0.299 e. The minimum absolute atomic E-state index is 0.487. The van der Waals surface area contributed by atoms with E-state index in [4.69, 9.17) is 21.1 Å². The van der Waals surface area contributed by atoms with E-state index in [1.807, 2.05) is 19.1 Å². The molecule has 2 rings (SSSR count). The van der Waals surface area contributed by atoms with Crippen molar-refractivity contribution in [2.75, 3.05) is 20.3 Å². The lowest BCUT2D eigenvalue weighted by molar-refractivity contribution is 0.199. The molecule has 0 fully saturated rings. The number of aryl methyl sites for hydroxylation is 1. The normalized spacial score (nSPS) is 10.8. The third-order valence-electron chi connectivity index (χ3n) is 2.49. The molecule has 2 aromatic rings. The Balaban J connectivity index is 1.93. The van der Waals surface area contributed by atoms with Crippen molar-refractivity contribution in [1.82, 2.24) is 15.5 Å². The van der Waals surface area contributed by atoms with Crippen molar-refractivity contribution in [2.45, 2.75) is 13.5 Å². The van der Waals surface area contributed by atoms with Crippen molar-refractivity contribution in [3.63, 3.8) is 0 Å². The fourth-order valence-electron chi connectivity index (χ4n) is 1.50. The van der Waals surface area contributed by atoms with Crippen LogP contribution in [0, 0.1) is 6.92 Å². The van der Waals surface area contributed by atoms with Gasteiger partial charge in [-0.15, -0.1) is 5.10 Å². The number of hydrogen-bond donors (Lipinski definition) is 1. The number of benzene rings is 1. The van der Waals surface area contributed by atoms with Crippen LogP contribution in [-0.2, 0) is 11.3 Å². The first-order valence-corrected chi connectivity index (χ1v) is 7.34. The maximum Gasteiger partial charge on any atom is 0.299 e. The van der Waals surface area contributed by atoms with Crippen LogP contribution in [0.25, 0.3) is 0 Å². The van der Waals surface area contributed by atoms with Gasteiger partial charge in [-0.3, -0.25) is 0 Å². The molecule has 108 valence electrons. The van der Waals surface area contributed by atoms with E-state index >= 15 is 0 Å². The minimum Gasteiger partial charge on any atom is -0.428 e. The van der Waals surface area contributed by atoms with E-state index < -0.39 is 0 Å². The van der Waals surface area contributed by atoms with Crippen LogP contribution in [0.2, 0.25) is 5.02 Å². The number of aromatic nitrogens is 2. The quantitative estimate of drug-likeness (QED) is 0.796. The fraction of sp³-hybridized carbons (Fsp3) is 0.385. The van der Waals surface area contributed by atoms with Gasteiger partial charge in [0.15, 0.2) is 0 Å². The van der Waals surface area contributed by atoms with Crippen molar-refractivity contribution in [3.05, 3.63) is 33.8 Å². The molecule has 0 saturated carbocycles. The highest BCUT2D eigenvalue weighted by Gasteiger charge is 2.09. The summed E-state index contributed by atoms with van der Waals surface area (Å²) < 4.78 is 10.6. The first-order valence-electron chi connectivity index (χ1n) is 6.15. The van der Waals surface area contributed by atoms with Crippen LogP contribution in [0.15, 0.2) is 18.2 Å². The zero-order valence-electron chi connectivity index (χ0n) is 11.4. The average molecular weight is 314 g/mol. The third-order valence-corrected chi connectivity index (χ3v) is 3.60. The van der Waals surface area contributed by atoms with E-state index in [1.54, 1.807) is 13.2 Å². The van der Waals surface area contributed by atoms with Gasteiger partial charge in [0.2, 0.25) is 0 Å². The highest BCUT2D eigenvalue weighted by Crippen LogP contribution is 2.31. The summed E-state index contributed by atoms with van der Waals surface area (Å²) in [5, 5.41) is 13.2.